The number of methoxy groups -OCH3 is 1. The topological polar surface area (TPSA) is 70.9 Å². The Morgan fingerprint density at radius 1 is 1.00 bits per heavy atom. The average molecular weight is 478 g/mol. The van der Waals surface area contributed by atoms with Crippen molar-refractivity contribution >= 4 is 35.0 Å². The Hall–Kier alpha value is -3.46. The van der Waals surface area contributed by atoms with E-state index in [0.717, 1.165) is 46.6 Å². The van der Waals surface area contributed by atoms with Crippen LogP contribution in [0.5, 0.6) is 5.75 Å². The molecule has 0 radical (unpaired) electrons. The Labute approximate surface area is 203 Å². The normalized spacial score (nSPS) is 15.9. The maximum absolute atomic E-state index is 13.2. The minimum atomic E-state index is -0.0570. The first kappa shape index (κ1) is 22.3. The number of thioether (sulfide) groups is 1. The molecule has 1 aromatic heterocycles. The van der Waals surface area contributed by atoms with Gasteiger partial charge >= 0.3 is 0 Å². The molecule has 0 aliphatic carbocycles. The van der Waals surface area contributed by atoms with E-state index in [1.54, 1.807) is 12.0 Å². The van der Waals surface area contributed by atoms with Crippen LogP contribution in [-0.2, 0) is 9.59 Å². The van der Waals surface area contributed by atoms with Gasteiger partial charge in [0.05, 0.1) is 29.9 Å². The third-order valence-electron chi connectivity index (χ3n) is 6.26. The van der Waals surface area contributed by atoms with E-state index < -0.39 is 0 Å². The van der Waals surface area contributed by atoms with E-state index in [9.17, 15) is 9.59 Å². The molecule has 2 aliphatic rings. The molecule has 1 saturated heterocycles. The van der Waals surface area contributed by atoms with Crippen LogP contribution < -0.4 is 14.5 Å². The van der Waals surface area contributed by atoms with Gasteiger partial charge in [0.2, 0.25) is 11.8 Å². The summed E-state index contributed by atoms with van der Waals surface area (Å²) < 4.78 is 7.10. The molecule has 0 bridgehead atoms. The number of hydrogen-bond acceptors (Lipinski definition) is 6. The van der Waals surface area contributed by atoms with E-state index in [4.69, 9.17) is 4.74 Å². The highest BCUT2D eigenvalue weighted by molar-refractivity contribution is 8.00. The number of hydrogen-bond donors (Lipinski definition) is 0. The first-order valence-electron chi connectivity index (χ1n) is 11.3. The van der Waals surface area contributed by atoms with Crippen LogP contribution in [-0.4, -0.2) is 72.1 Å². The summed E-state index contributed by atoms with van der Waals surface area (Å²) in [5, 5.41) is 5.59. The lowest BCUT2D eigenvalue weighted by molar-refractivity contribution is -0.131. The number of ether oxygens (including phenoxy) is 1. The fourth-order valence-corrected chi connectivity index (χ4v) is 5.50. The van der Waals surface area contributed by atoms with Gasteiger partial charge in [-0.15, -0.1) is 0 Å². The van der Waals surface area contributed by atoms with Crippen LogP contribution in [0, 0.1) is 6.92 Å². The highest BCUT2D eigenvalue weighted by Gasteiger charge is 2.34. The number of anilines is 2. The van der Waals surface area contributed by atoms with E-state index in [1.807, 2.05) is 71.1 Å². The lowest BCUT2D eigenvalue weighted by Gasteiger charge is -2.37. The smallest absolute Gasteiger partial charge is 0.242 e. The van der Waals surface area contributed by atoms with Crippen molar-refractivity contribution in [2.45, 2.75) is 11.9 Å². The van der Waals surface area contributed by atoms with Gasteiger partial charge in [-0.05, 0) is 43.3 Å². The molecule has 34 heavy (non-hydrogen) atoms. The molecule has 5 rings (SSSR count). The first-order chi connectivity index (χ1) is 16.5. The molecule has 3 heterocycles. The Morgan fingerprint density at radius 3 is 2.38 bits per heavy atom. The zero-order valence-corrected chi connectivity index (χ0v) is 20.1. The summed E-state index contributed by atoms with van der Waals surface area (Å²) in [7, 11) is 1.66. The fraction of sp³-hybridized carbons (Fsp3) is 0.320. The zero-order valence-electron chi connectivity index (χ0n) is 19.3. The van der Waals surface area contributed by atoms with Crippen LogP contribution in [0.15, 0.2) is 59.6 Å². The predicted molar refractivity (Wildman–Crippen MR) is 133 cm³/mol. The Bertz CT molecular complexity index is 1190. The minimum absolute atomic E-state index is 0.0348. The summed E-state index contributed by atoms with van der Waals surface area (Å²) in [4.78, 5) is 31.8. The number of benzene rings is 2. The highest BCUT2D eigenvalue weighted by atomic mass is 32.2. The SMILES string of the molecule is COc1ccc(N2CCN(C(=O)CN3C(=O)CSc4c3c(C)nn4-c3ccccc3)CC2)cc1. The summed E-state index contributed by atoms with van der Waals surface area (Å²) in [6.07, 6.45) is 0. The van der Waals surface area contributed by atoms with Gasteiger partial charge in [0.25, 0.3) is 0 Å². The number of rotatable bonds is 5. The van der Waals surface area contributed by atoms with E-state index in [-0.39, 0.29) is 18.4 Å². The minimum Gasteiger partial charge on any atom is -0.497 e. The molecule has 0 spiro atoms. The molecule has 0 N–H and O–H groups in total. The number of nitrogens with zero attached hydrogens (tertiary/aromatic N) is 5. The third kappa shape index (κ3) is 4.23. The van der Waals surface area contributed by atoms with Gasteiger partial charge in [-0.25, -0.2) is 4.68 Å². The second-order valence-corrected chi connectivity index (χ2v) is 9.28. The van der Waals surface area contributed by atoms with Gasteiger partial charge in [-0.3, -0.25) is 14.5 Å². The molecule has 8 nitrogen and oxygen atoms in total. The second kappa shape index (κ2) is 9.42. The van der Waals surface area contributed by atoms with Gasteiger partial charge in [-0.1, -0.05) is 30.0 Å². The van der Waals surface area contributed by atoms with Gasteiger partial charge < -0.3 is 14.5 Å². The van der Waals surface area contributed by atoms with Crippen LogP contribution in [0.4, 0.5) is 11.4 Å². The molecule has 3 aromatic rings. The van der Waals surface area contributed by atoms with Gasteiger partial charge in [0.1, 0.15) is 17.3 Å². The maximum Gasteiger partial charge on any atom is 0.242 e. The van der Waals surface area contributed by atoms with Crippen LogP contribution in [0.1, 0.15) is 5.69 Å². The molecule has 2 amide bonds. The molecule has 1 fully saturated rings. The third-order valence-corrected chi connectivity index (χ3v) is 7.29. The fourth-order valence-electron chi connectivity index (χ4n) is 4.42. The summed E-state index contributed by atoms with van der Waals surface area (Å²) in [5.41, 5.74) is 3.55. The molecule has 0 unspecified atom stereocenters. The number of para-hydroxylation sites is 1. The Balaban J connectivity index is 1.28. The van der Waals surface area contributed by atoms with Crippen LogP contribution in [0.25, 0.3) is 5.69 Å². The van der Waals surface area contributed by atoms with E-state index >= 15 is 0 Å². The number of carbonyl (C=O) groups excluding carboxylic acids is 2. The molecule has 0 atom stereocenters. The molecule has 9 heteroatoms. The number of piperazine rings is 1. The summed E-state index contributed by atoms with van der Waals surface area (Å²) in [6.45, 7) is 4.67. The first-order valence-corrected chi connectivity index (χ1v) is 12.3. The quantitative estimate of drug-likeness (QED) is 0.563. The van der Waals surface area contributed by atoms with Crippen LogP contribution in [0.2, 0.25) is 0 Å². The largest absolute Gasteiger partial charge is 0.497 e. The summed E-state index contributed by atoms with van der Waals surface area (Å²) in [5.74, 6) is 1.03. The Kier molecular flexibility index (Phi) is 6.19. The van der Waals surface area contributed by atoms with Crippen molar-refractivity contribution in [3.05, 3.63) is 60.3 Å². The lowest BCUT2D eigenvalue weighted by Crippen LogP contribution is -2.52. The van der Waals surface area contributed by atoms with Gasteiger partial charge in [-0.2, -0.15) is 5.10 Å². The van der Waals surface area contributed by atoms with Crippen molar-refractivity contribution in [3.63, 3.8) is 0 Å². The Morgan fingerprint density at radius 2 is 1.71 bits per heavy atom. The molecule has 2 aromatic carbocycles. The highest BCUT2D eigenvalue weighted by Crippen LogP contribution is 2.39. The van der Waals surface area contributed by atoms with E-state index in [0.29, 0.717) is 18.8 Å². The van der Waals surface area contributed by atoms with Crippen molar-refractivity contribution in [1.29, 1.82) is 0 Å². The summed E-state index contributed by atoms with van der Waals surface area (Å²) in [6, 6.07) is 17.8. The van der Waals surface area contributed by atoms with Crippen molar-refractivity contribution in [2.24, 2.45) is 0 Å². The van der Waals surface area contributed by atoms with E-state index in [1.165, 1.54) is 11.8 Å². The lowest BCUT2D eigenvalue weighted by atomic mass is 10.2. The number of carbonyl (C=O) groups is 2. The standard InChI is InChI=1S/C25H27N5O3S/c1-18-24-25(30(26-18)20-6-4-3-5-7-20)34-17-23(32)29(24)16-22(31)28-14-12-27(13-15-28)19-8-10-21(33-2)11-9-19/h3-11H,12-17H2,1-2H3. The van der Waals surface area contributed by atoms with Gasteiger partial charge in [0.15, 0.2) is 0 Å². The number of amides is 2. The molecular weight excluding hydrogens is 450 g/mol. The molecule has 176 valence electrons. The second-order valence-electron chi connectivity index (χ2n) is 8.32. The van der Waals surface area contributed by atoms with E-state index in [2.05, 4.69) is 10.00 Å². The van der Waals surface area contributed by atoms with Crippen LogP contribution >= 0.6 is 11.8 Å². The van der Waals surface area contributed by atoms with Crippen LogP contribution in [0.3, 0.4) is 0 Å². The van der Waals surface area contributed by atoms with Crippen molar-refractivity contribution in [2.75, 3.05) is 55.4 Å². The molecular formula is C25H27N5O3S. The number of fused-ring (bicyclic) bond motifs is 1. The van der Waals surface area contributed by atoms with Crippen molar-refractivity contribution in [3.8, 4) is 11.4 Å². The molecule has 2 aliphatic heterocycles. The van der Waals surface area contributed by atoms with Crippen molar-refractivity contribution < 1.29 is 14.3 Å². The monoisotopic (exact) mass is 477 g/mol. The number of aromatic nitrogens is 2. The average Bonchev–Trinajstić information content (AvgIpc) is 3.23. The maximum atomic E-state index is 13.2. The number of aryl methyl sites for hydroxylation is 1. The molecule has 0 saturated carbocycles. The van der Waals surface area contributed by atoms with Crippen molar-refractivity contribution in [1.82, 2.24) is 14.7 Å². The summed E-state index contributed by atoms with van der Waals surface area (Å²) >= 11 is 1.47. The predicted octanol–water partition coefficient (Wildman–Crippen LogP) is 2.98. The zero-order chi connectivity index (χ0) is 23.7. The van der Waals surface area contributed by atoms with Gasteiger partial charge in [0, 0.05) is 31.9 Å².